The SMILES string of the molecule is CN(C)[C@H]1CCC2=CC3=CC[C@]4(C)[C@@H](CCc5ccccc5)CC[C@H]4[C@@]34CC[C@]2(C1)O4. The fraction of sp³-hybridized carbons (Fsp3) is 0.655. The maximum absolute atomic E-state index is 7.39. The first-order chi connectivity index (χ1) is 15.0. The van der Waals surface area contributed by atoms with Crippen LogP contribution in [-0.4, -0.2) is 36.2 Å². The number of nitrogens with zero attached hydrogens (tertiary/aromatic N) is 1. The highest BCUT2D eigenvalue weighted by molar-refractivity contribution is 5.47. The Morgan fingerprint density at radius 3 is 2.71 bits per heavy atom. The van der Waals surface area contributed by atoms with Crippen LogP contribution in [0.2, 0.25) is 0 Å². The van der Waals surface area contributed by atoms with E-state index in [1.54, 1.807) is 11.1 Å². The molecule has 5 aliphatic rings. The highest BCUT2D eigenvalue weighted by Gasteiger charge is 2.66. The molecule has 0 N–H and O–H groups in total. The van der Waals surface area contributed by atoms with Crippen LogP contribution in [0, 0.1) is 17.3 Å². The lowest BCUT2D eigenvalue weighted by molar-refractivity contribution is -0.142. The lowest BCUT2D eigenvalue weighted by Crippen LogP contribution is -2.55. The van der Waals surface area contributed by atoms with Crippen molar-refractivity contribution < 1.29 is 4.74 Å². The molecule has 2 nitrogen and oxygen atoms in total. The molecule has 6 atom stereocenters. The second-order valence-corrected chi connectivity index (χ2v) is 11.7. The van der Waals surface area contributed by atoms with E-state index in [1.165, 1.54) is 69.8 Å². The first kappa shape index (κ1) is 20.2. The van der Waals surface area contributed by atoms with E-state index in [-0.39, 0.29) is 11.2 Å². The van der Waals surface area contributed by atoms with Gasteiger partial charge in [-0.15, -0.1) is 0 Å². The van der Waals surface area contributed by atoms with Gasteiger partial charge in [0.15, 0.2) is 0 Å². The fourth-order valence-electron chi connectivity index (χ4n) is 8.38. The summed E-state index contributed by atoms with van der Waals surface area (Å²) in [6.07, 6.45) is 17.9. The van der Waals surface area contributed by atoms with Crippen molar-refractivity contribution in [1.82, 2.24) is 4.90 Å². The van der Waals surface area contributed by atoms with Gasteiger partial charge in [-0.05, 0) is 112 Å². The first-order valence-corrected chi connectivity index (χ1v) is 12.8. The highest BCUT2D eigenvalue weighted by atomic mass is 16.5. The van der Waals surface area contributed by atoms with Gasteiger partial charge in [0.1, 0.15) is 0 Å². The van der Waals surface area contributed by atoms with Gasteiger partial charge in [-0.25, -0.2) is 0 Å². The van der Waals surface area contributed by atoms with Crippen LogP contribution >= 0.6 is 0 Å². The molecule has 3 fully saturated rings. The maximum atomic E-state index is 7.39. The number of ether oxygens (including phenoxy) is 1. The molecular formula is C29H39NO. The summed E-state index contributed by atoms with van der Waals surface area (Å²) in [7, 11) is 4.50. The molecule has 0 amide bonds. The van der Waals surface area contributed by atoms with Crippen LogP contribution in [-0.2, 0) is 11.2 Å². The Labute approximate surface area is 188 Å². The van der Waals surface area contributed by atoms with Crippen molar-refractivity contribution >= 4 is 0 Å². The minimum absolute atomic E-state index is 0.00615. The lowest BCUT2D eigenvalue weighted by atomic mass is 9.58. The summed E-state index contributed by atoms with van der Waals surface area (Å²) in [5.41, 5.74) is 5.11. The van der Waals surface area contributed by atoms with Gasteiger partial charge < -0.3 is 9.64 Å². The van der Waals surface area contributed by atoms with Crippen molar-refractivity contribution in [2.24, 2.45) is 17.3 Å². The number of hydrogen-bond acceptors (Lipinski definition) is 2. The predicted molar refractivity (Wildman–Crippen MR) is 127 cm³/mol. The molecule has 166 valence electrons. The first-order valence-electron chi connectivity index (χ1n) is 12.8. The minimum atomic E-state index is 0.00615. The Kier molecular flexibility index (Phi) is 4.61. The van der Waals surface area contributed by atoms with Crippen molar-refractivity contribution in [1.29, 1.82) is 0 Å². The number of fused-ring (bicyclic) bond motifs is 1. The van der Waals surface area contributed by atoms with Gasteiger partial charge in [-0.1, -0.05) is 49.4 Å². The molecular weight excluding hydrogens is 378 g/mol. The molecule has 0 aromatic heterocycles. The van der Waals surface area contributed by atoms with E-state index in [9.17, 15) is 0 Å². The van der Waals surface area contributed by atoms with Gasteiger partial charge in [0, 0.05) is 6.04 Å². The van der Waals surface area contributed by atoms with Gasteiger partial charge in [-0.3, -0.25) is 0 Å². The van der Waals surface area contributed by atoms with E-state index < -0.39 is 0 Å². The minimum Gasteiger partial charge on any atom is -0.359 e. The van der Waals surface area contributed by atoms with Gasteiger partial charge in [0.25, 0.3) is 0 Å². The van der Waals surface area contributed by atoms with Crippen LogP contribution < -0.4 is 0 Å². The second-order valence-electron chi connectivity index (χ2n) is 11.7. The van der Waals surface area contributed by atoms with Crippen molar-refractivity contribution in [3.8, 4) is 0 Å². The summed E-state index contributed by atoms with van der Waals surface area (Å²) in [5.74, 6) is 1.51. The number of allylic oxidation sites excluding steroid dienone is 1. The highest BCUT2D eigenvalue weighted by Crippen LogP contribution is 2.68. The van der Waals surface area contributed by atoms with Crippen LogP contribution in [0.1, 0.15) is 70.3 Å². The maximum Gasteiger partial charge on any atom is 0.0974 e. The van der Waals surface area contributed by atoms with Gasteiger partial charge in [0.2, 0.25) is 0 Å². The molecule has 1 saturated heterocycles. The van der Waals surface area contributed by atoms with E-state index in [0.29, 0.717) is 17.4 Å². The molecule has 2 spiro atoms. The van der Waals surface area contributed by atoms with E-state index in [2.05, 4.69) is 68.4 Å². The zero-order chi connectivity index (χ0) is 21.3. The zero-order valence-electron chi connectivity index (χ0n) is 19.7. The third-order valence-electron chi connectivity index (χ3n) is 10.2. The molecule has 2 heteroatoms. The Morgan fingerprint density at radius 2 is 1.90 bits per heavy atom. The van der Waals surface area contributed by atoms with Crippen LogP contribution in [0.5, 0.6) is 0 Å². The summed E-state index contributed by atoms with van der Waals surface area (Å²) in [6.45, 7) is 2.61. The Bertz CT molecular complexity index is 916. The van der Waals surface area contributed by atoms with E-state index in [1.807, 2.05) is 0 Å². The van der Waals surface area contributed by atoms with E-state index in [4.69, 9.17) is 4.74 Å². The molecule has 0 unspecified atom stereocenters. The fourth-order valence-corrected chi connectivity index (χ4v) is 8.38. The molecule has 2 heterocycles. The summed E-state index contributed by atoms with van der Waals surface area (Å²) in [5, 5.41) is 0. The standard InChI is InChI=1S/C29H39NO/c1-27-16-15-24-19-23-11-13-25(30(2)3)20-28(23)17-18-29(24,31-28)26(27)14-12-22(27)10-9-21-7-5-4-6-8-21/h4-8,15,19,22,25-26H,9-14,16-18,20H2,1-3H3/t22-,25-,26+,27+,28+,29+/m0/s1. The molecule has 2 bridgehead atoms. The van der Waals surface area contributed by atoms with Crippen molar-refractivity contribution in [3.05, 3.63) is 59.2 Å². The number of benzene rings is 1. The molecule has 31 heavy (non-hydrogen) atoms. The molecule has 2 saturated carbocycles. The zero-order valence-corrected chi connectivity index (χ0v) is 19.7. The average Bonchev–Trinajstić information content (AvgIpc) is 3.27. The van der Waals surface area contributed by atoms with Gasteiger partial charge in [-0.2, -0.15) is 0 Å². The normalized spacial score (nSPS) is 43.2. The molecule has 3 aliphatic carbocycles. The van der Waals surface area contributed by atoms with Crippen LogP contribution in [0.25, 0.3) is 0 Å². The lowest BCUT2D eigenvalue weighted by Gasteiger charge is -2.54. The third kappa shape index (κ3) is 2.90. The third-order valence-corrected chi connectivity index (χ3v) is 10.2. The van der Waals surface area contributed by atoms with E-state index in [0.717, 1.165) is 5.92 Å². The summed E-state index contributed by atoms with van der Waals surface area (Å²) in [4.78, 5) is 2.44. The van der Waals surface area contributed by atoms with Crippen molar-refractivity contribution in [3.63, 3.8) is 0 Å². The molecule has 2 aliphatic heterocycles. The van der Waals surface area contributed by atoms with Gasteiger partial charge in [0.05, 0.1) is 11.2 Å². The molecule has 1 aromatic carbocycles. The largest absolute Gasteiger partial charge is 0.359 e. The Hall–Kier alpha value is -1.38. The monoisotopic (exact) mass is 417 g/mol. The van der Waals surface area contributed by atoms with Crippen LogP contribution in [0.15, 0.2) is 53.6 Å². The molecule has 6 rings (SSSR count). The topological polar surface area (TPSA) is 12.5 Å². The van der Waals surface area contributed by atoms with Gasteiger partial charge >= 0.3 is 0 Å². The average molecular weight is 418 g/mol. The number of hydrogen-bond donors (Lipinski definition) is 0. The summed E-state index contributed by atoms with van der Waals surface area (Å²) in [6, 6.07) is 11.8. The van der Waals surface area contributed by atoms with Crippen molar-refractivity contribution in [2.45, 2.75) is 88.4 Å². The molecule has 1 aromatic rings. The summed E-state index contributed by atoms with van der Waals surface area (Å²) < 4.78 is 7.39. The Balaban J connectivity index is 1.29. The Morgan fingerprint density at radius 1 is 1.06 bits per heavy atom. The number of rotatable bonds is 4. The quantitative estimate of drug-likeness (QED) is 0.568. The van der Waals surface area contributed by atoms with Crippen molar-refractivity contribution in [2.75, 3.05) is 14.1 Å². The molecule has 0 radical (unpaired) electrons. The second kappa shape index (κ2) is 7.06. The van der Waals surface area contributed by atoms with E-state index >= 15 is 0 Å². The smallest absolute Gasteiger partial charge is 0.0974 e. The number of aryl methyl sites for hydroxylation is 1. The van der Waals surface area contributed by atoms with Crippen LogP contribution in [0.4, 0.5) is 0 Å². The van der Waals surface area contributed by atoms with Crippen LogP contribution in [0.3, 0.4) is 0 Å². The summed E-state index contributed by atoms with van der Waals surface area (Å²) >= 11 is 0. The predicted octanol–water partition coefficient (Wildman–Crippen LogP) is 6.32.